The van der Waals surface area contributed by atoms with Crippen LogP contribution < -0.4 is 0 Å². The minimum atomic E-state index is -0.311. The number of hydrogen-bond donors (Lipinski definition) is 0. The van der Waals surface area contributed by atoms with Gasteiger partial charge in [0.1, 0.15) is 17.7 Å². The molecule has 4 rings (SSSR count). The highest BCUT2D eigenvalue weighted by Crippen LogP contribution is 2.38. The number of nitriles is 1. The number of rotatable bonds is 6. The lowest BCUT2D eigenvalue weighted by molar-refractivity contribution is -0.141. The third kappa shape index (κ3) is 4.98. The fraction of sp³-hybridized carbons (Fsp3) is 0.269. The summed E-state index contributed by atoms with van der Waals surface area (Å²) in [6.45, 7) is 2.30. The molecule has 5 heteroatoms. The van der Waals surface area contributed by atoms with Gasteiger partial charge in [-0.05, 0) is 49.3 Å². The van der Waals surface area contributed by atoms with Gasteiger partial charge in [-0.3, -0.25) is 4.79 Å². The molecule has 1 aliphatic rings. The van der Waals surface area contributed by atoms with E-state index in [4.69, 9.17) is 9.72 Å². The molecule has 1 aliphatic carbocycles. The van der Waals surface area contributed by atoms with Crippen LogP contribution in [-0.4, -0.2) is 16.7 Å². The smallest absolute Gasteiger partial charge is 0.316 e. The Labute approximate surface area is 187 Å². The van der Waals surface area contributed by atoms with Gasteiger partial charge in [0.2, 0.25) is 0 Å². The molecule has 31 heavy (non-hydrogen) atoms. The van der Waals surface area contributed by atoms with Gasteiger partial charge in [0, 0.05) is 11.3 Å². The van der Waals surface area contributed by atoms with E-state index in [1.54, 1.807) is 0 Å². The van der Waals surface area contributed by atoms with Crippen LogP contribution in [0.25, 0.3) is 11.1 Å². The molecule has 3 aromatic rings. The first-order valence-electron chi connectivity index (χ1n) is 10.5. The summed E-state index contributed by atoms with van der Waals surface area (Å²) < 4.78 is 5.39. The van der Waals surface area contributed by atoms with E-state index < -0.39 is 0 Å². The highest BCUT2D eigenvalue weighted by molar-refractivity contribution is 7.99. The van der Waals surface area contributed by atoms with E-state index in [-0.39, 0.29) is 18.3 Å². The number of carbonyl (C=O) groups is 1. The van der Waals surface area contributed by atoms with Gasteiger partial charge >= 0.3 is 5.97 Å². The molecule has 4 nitrogen and oxygen atoms in total. The zero-order valence-electron chi connectivity index (χ0n) is 17.6. The SMILES string of the molecule is Cc1ccc(-c2c(C#N)c(SCC(=O)OCc3ccccc3)nc3c2CCCC3)cc1. The zero-order chi connectivity index (χ0) is 21.6. The molecule has 0 atom stereocenters. The second kappa shape index (κ2) is 9.80. The van der Waals surface area contributed by atoms with Crippen LogP contribution in [0.1, 0.15) is 40.8 Å². The molecule has 0 saturated carbocycles. The van der Waals surface area contributed by atoms with Crippen LogP contribution in [0.2, 0.25) is 0 Å². The van der Waals surface area contributed by atoms with Crippen molar-refractivity contribution in [3.05, 3.63) is 82.5 Å². The van der Waals surface area contributed by atoms with Gasteiger partial charge in [-0.25, -0.2) is 4.98 Å². The number of thioether (sulfide) groups is 1. The predicted octanol–water partition coefficient (Wildman–Crippen LogP) is 5.64. The molecule has 0 amide bonds. The first-order valence-corrected chi connectivity index (χ1v) is 11.5. The maximum atomic E-state index is 12.3. The summed E-state index contributed by atoms with van der Waals surface area (Å²) in [6, 6.07) is 20.3. The van der Waals surface area contributed by atoms with Gasteiger partial charge in [0.15, 0.2) is 0 Å². The first-order chi connectivity index (χ1) is 15.2. The number of fused-ring (bicyclic) bond motifs is 1. The Hall–Kier alpha value is -3.10. The fourth-order valence-corrected chi connectivity index (χ4v) is 4.68. The Morgan fingerprint density at radius 2 is 1.84 bits per heavy atom. The van der Waals surface area contributed by atoms with Gasteiger partial charge in [-0.2, -0.15) is 5.26 Å². The van der Waals surface area contributed by atoms with Crippen LogP contribution in [0, 0.1) is 18.3 Å². The number of aryl methyl sites for hydroxylation is 2. The highest BCUT2D eigenvalue weighted by Gasteiger charge is 2.23. The molecular formula is C26H24N2O2S. The quantitative estimate of drug-likeness (QED) is 0.375. The topological polar surface area (TPSA) is 63.0 Å². The molecule has 0 bridgehead atoms. The minimum Gasteiger partial charge on any atom is -0.460 e. The van der Waals surface area contributed by atoms with Crippen LogP contribution in [0.3, 0.4) is 0 Å². The molecule has 0 unspecified atom stereocenters. The first kappa shape index (κ1) is 21.1. The Bertz CT molecular complexity index is 1120. The van der Waals surface area contributed by atoms with Crippen molar-refractivity contribution in [1.29, 1.82) is 5.26 Å². The largest absolute Gasteiger partial charge is 0.460 e. The molecule has 0 saturated heterocycles. The van der Waals surface area contributed by atoms with Crippen molar-refractivity contribution < 1.29 is 9.53 Å². The number of aromatic nitrogens is 1. The molecule has 0 spiro atoms. The van der Waals surface area contributed by atoms with E-state index in [9.17, 15) is 10.1 Å². The monoisotopic (exact) mass is 428 g/mol. The van der Waals surface area contributed by atoms with Crippen molar-refractivity contribution >= 4 is 17.7 Å². The molecule has 0 fully saturated rings. The van der Waals surface area contributed by atoms with Crippen molar-refractivity contribution in [2.45, 2.75) is 44.2 Å². The Morgan fingerprint density at radius 1 is 1.10 bits per heavy atom. The summed E-state index contributed by atoms with van der Waals surface area (Å²) in [6.07, 6.45) is 4.05. The molecule has 1 heterocycles. The lowest BCUT2D eigenvalue weighted by atomic mass is 9.87. The number of nitrogens with zero attached hydrogens (tertiary/aromatic N) is 2. The summed E-state index contributed by atoms with van der Waals surface area (Å²) in [7, 11) is 0. The molecule has 156 valence electrons. The summed E-state index contributed by atoms with van der Waals surface area (Å²) in [5.74, 6) is -0.185. The number of ether oxygens (including phenoxy) is 1. The van der Waals surface area contributed by atoms with Crippen molar-refractivity contribution in [3.63, 3.8) is 0 Å². The van der Waals surface area contributed by atoms with Crippen LogP contribution in [0.4, 0.5) is 0 Å². The highest BCUT2D eigenvalue weighted by atomic mass is 32.2. The van der Waals surface area contributed by atoms with Crippen LogP contribution >= 0.6 is 11.8 Å². The lowest BCUT2D eigenvalue weighted by Crippen LogP contribution is -2.12. The number of hydrogen-bond acceptors (Lipinski definition) is 5. The van der Waals surface area contributed by atoms with Crippen molar-refractivity contribution in [2.75, 3.05) is 5.75 Å². The van der Waals surface area contributed by atoms with Gasteiger partial charge in [-0.15, -0.1) is 0 Å². The standard InChI is InChI=1S/C26H24N2O2S/c1-18-11-13-20(14-12-18)25-21-9-5-6-10-23(21)28-26(22(25)15-27)31-17-24(29)30-16-19-7-3-2-4-8-19/h2-4,7-8,11-14H,5-6,9-10,16-17H2,1H3. The average Bonchev–Trinajstić information content (AvgIpc) is 2.81. The van der Waals surface area contributed by atoms with Gasteiger partial charge in [0.25, 0.3) is 0 Å². The van der Waals surface area contributed by atoms with Crippen molar-refractivity contribution in [1.82, 2.24) is 4.98 Å². The molecule has 0 aliphatic heterocycles. The Balaban J connectivity index is 1.59. The number of benzene rings is 2. The van der Waals surface area contributed by atoms with Crippen LogP contribution in [0.5, 0.6) is 0 Å². The summed E-state index contributed by atoms with van der Waals surface area (Å²) in [4.78, 5) is 17.1. The van der Waals surface area contributed by atoms with Crippen LogP contribution in [-0.2, 0) is 29.0 Å². The minimum absolute atomic E-state index is 0.126. The maximum Gasteiger partial charge on any atom is 0.316 e. The third-order valence-corrected chi connectivity index (χ3v) is 6.41. The van der Waals surface area contributed by atoms with Gasteiger partial charge in [-0.1, -0.05) is 71.9 Å². The van der Waals surface area contributed by atoms with E-state index in [1.165, 1.54) is 22.9 Å². The van der Waals surface area contributed by atoms with E-state index in [2.05, 4.69) is 37.3 Å². The van der Waals surface area contributed by atoms with Crippen molar-refractivity contribution in [2.24, 2.45) is 0 Å². The fourth-order valence-electron chi connectivity index (χ4n) is 3.87. The second-order valence-electron chi connectivity index (χ2n) is 7.71. The normalized spacial score (nSPS) is 12.6. The molecule has 2 aromatic carbocycles. The average molecular weight is 429 g/mol. The molecule has 0 N–H and O–H groups in total. The molecule has 1 aromatic heterocycles. The second-order valence-corrected chi connectivity index (χ2v) is 8.68. The van der Waals surface area contributed by atoms with Gasteiger partial charge in [0.05, 0.1) is 11.3 Å². The van der Waals surface area contributed by atoms with E-state index in [1.807, 2.05) is 30.3 Å². The van der Waals surface area contributed by atoms with E-state index in [0.717, 1.165) is 48.1 Å². The van der Waals surface area contributed by atoms with Crippen LogP contribution in [0.15, 0.2) is 59.6 Å². The Morgan fingerprint density at radius 3 is 2.58 bits per heavy atom. The van der Waals surface area contributed by atoms with Gasteiger partial charge < -0.3 is 4.74 Å². The Kier molecular flexibility index (Phi) is 6.69. The summed E-state index contributed by atoms with van der Waals surface area (Å²) in [5, 5.41) is 10.6. The number of pyridine rings is 1. The third-order valence-electron chi connectivity index (χ3n) is 5.46. The predicted molar refractivity (Wildman–Crippen MR) is 123 cm³/mol. The van der Waals surface area contributed by atoms with E-state index in [0.29, 0.717) is 10.6 Å². The molecule has 0 radical (unpaired) electrons. The number of carbonyl (C=O) groups excluding carboxylic acids is 1. The summed E-state index contributed by atoms with van der Waals surface area (Å²) in [5.41, 5.74) is 6.95. The van der Waals surface area contributed by atoms with E-state index >= 15 is 0 Å². The van der Waals surface area contributed by atoms with Crippen molar-refractivity contribution in [3.8, 4) is 17.2 Å². The lowest BCUT2D eigenvalue weighted by Gasteiger charge is -2.22. The maximum absolute atomic E-state index is 12.3. The summed E-state index contributed by atoms with van der Waals surface area (Å²) >= 11 is 1.29. The number of esters is 1. The molecular weight excluding hydrogens is 404 g/mol. The zero-order valence-corrected chi connectivity index (χ0v) is 18.4.